The number of pyridine rings is 1. The predicted molar refractivity (Wildman–Crippen MR) is 108 cm³/mol. The first kappa shape index (κ1) is 19.8. The molecule has 0 amide bonds. The van der Waals surface area contributed by atoms with Crippen molar-refractivity contribution in [3.63, 3.8) is 0 Å². The van der Waals surface area contributed by atoms with E-state index >= 15 is 0 Å². The zero-order valence-corrected chi connectivity index (χ0v) is 16.0. The van der Waals surface area contributed by atoms with Gasteiger partial charge in [0.05, 0.1) is 0 Å². The molecule has 146 valence electrons. The summed E-state index contributed by atoms with van der Waals surface area (Å²) in [6.45, 7) is 4.88. The molecule has 0 spiro atoms. The van der Waals surface area contributed by atoms with E-state index in [4.69, 9.17) is 4.74 Å². The summed E-state index contributed by atoms with van der Waals surface area (Å²) in [5.41, 5.74) is 2.40. The number of nitrogens with zero attached hydrogens (tertiary/aromatic N) is 2. The Labute approximate surface area is 162 Å². The number of nitrogens with one attached hydrogen (secondary N) is 1. The molecular formula is C22H31N3O2. The van der Waals surface area contributed by atoms with Crippen molar-refractivity contribution in [1.82, 2.24) is 15.2 Å². The molecule has 0 aliphatic carbocycles. The van der Waals surface area contributed by atoms with Crippen molar-refractivity contribution in [1.29, 1.82) is 0 Å². The highest BCUT2D eigenvalue weighted by Crippen LogP contribution is 2.18. The molecular weight excluding hydrogens is 338 g/mol. The first-order chi connectivity index (χ1) is 13.3. The van der Waals surface area contributed by atoms with E-state index in [0.29, 0.717) is 13.2 Å². The molecule has 1 atom stereocenters. The summed E-state index contributed by atoms with van der Waals surface area (Å²) in [5, 5.41) is 13.8. The van der Waals surface area contributed by atoms with Crippen molar-refractivity contribution in [3.05, 3.63) is 59.9 Å². The number of β-amino-alcohol motifs (C(OH)–C–C–N with tert-alkyl or cyclic N) is 1. The summed E-state index contributed by atoms with van der Waals surface area (Å²) in [4.78, 5) is 6.38. The number of ether oxygens (including phenoxy) is 1. The van der Waals surface area contributed by atoms with Crippen molar-refractivity contribution >= 4 is 0 Å². The standard InChI is InChI=1S/C22H31N3O2/c26-21(17-25-14-4-1-5-15-25)18-27-22-7-3-2-6-20(22)16-24-13-10-19-8-11-23-12-9-19/h2-3,6-9,11-12,21,24,26H,1,4-5,10,13-18H2. The lowest BCUT2D eigenvalue weighted by Gasteiger charge is -2.28. The van der Waals surface area contributed by atoms with E-state index in [-0.39, 0.29) is 0 Å². The average Bonchev–Trinajstić information content (AvgIpc) is 2.72. The van der Waals surface area contributed by atoms with Gasteiger partial charge >= 0.3 is 0 Å². The second kappa shape index (κ2) is 11.0. The molecule has 5 nitrogen and oxygen atoms in total. The summed E-state index contributed by atoms with van der Waals surface area (Å²) in [5.74, 6) is 0.853. The molecule has 0 bridgehead atoms. The molecule has 2 aromatic rings. The van der Waals surface area contributed by atoms with Crippen LogP contribution in [0.2, 0.25) is 0 Å². The molecule has 2 N–H and O–H groups in total. The van der Waals surface area contributed by atoms with E-state index in [1.807, 2.05) is 42.7 Å². The number of rotatable bonds is 10. The Morgan fingerprint density at radius 2 is 1.85 bits per heavy atom. The number of piperidine rings is 1. The molecule has 0 radical (unpaired) electrons. The molecule has 0 saturated carbocycles. The SMILES string of the molecule is OC(COc1ccccc1CNCCc1ccncc1)CN1CCCCC1. The van der Waals surface area contributed by atoms with E-state index in [0.717, 1.165) is 43.9 Å². The maximum absolute atomic E-state index is 10.3. The third-order valence-electron chi connectivity index (χ3n) is 4.98. The maximum atomic E-state index is 10.3. The summed E-state index contributed by atoms with van der Waals surface area (Å²) in [7, 11) is 0. The Hall–Kier alpha value is -1.95. The van der Waals surface area contributed by atoms with Crippen LogP contribution in [0, 0.1) is 0 Å². The lowest BCUT2D eigenvalue weighted by molar-refractivity contribution is 0.0614. The fourth-order valence-corrected chi connectivity index (χ4v) is 3.47. The van der Waals surface area contributed by atoms with Gasteiger partial charge in [-0.1, -0.05) is 24.6 Å². The van der Waals surface area contributed by atoms with Crippen molar-refractivity contribution in [3.8, 4) is 5.75 Å². The van der Waals surface area contributed by atoms with Crippen LogP contribution in [0.25, 0.3) is 0 Å². The van der Waals surface area contributed by atoms with Crippen LogP contribution in [-0.4, -0.2) is 53.9 Å². The van der Waals surface area contributed by atoms with Crippen LogP contribution < -0.4 is 10.1 Å². The van der Waals surface area contributed by atoms with Crippen LogP contribution in [0.1, 0.15) is 30.4 Å². The van der Waals surface area contributed by atoms with Crippen LogP contribution in [0.4, 0.5) is 0 Å². The molecule has 1 fully saturated rings. The Bertz CT molecular complexity index is 660. The lowest BCUT2D eigenvalue weighted by atomic mass is 10.1. The van der Waals surface area contributed by atoms with E-state index in [1.54, 1.807) is 0 Å². The summed E-state index contributed by atoms with van der Waals surface area (Å²) in [6, 6.07) is 12.1. The highest BCUT2D eigenvalue weighted by molar-refractivity contribution is 5.33. The van der Waals surface area contributed by atoms with E-state index < -0.39 is 6.10 Å². The predicted octanol–water partition coefficient (Wildman–Crippen LogP) is 2.64. The van der Waals surface area contributed by atoms with Crippen molar-refractivity contribution in [2.45, 2.75) is 38.3 Å². The zero-order valence-electron chi connectivity index (χ0n) is 16.0. The van der Waals surface area contributed by atoms with Crippen molar-refractivity contribution in [2.75, 3.05) is 32.8 Å². The largest absolute Gasteiger partial charge is 0.491 e. The third-order valence-corrected chi connectivity index (χ3v) is 4.98. The molecule has 2 heterocycles. The van der Waals surface area contributed by atoms with Crippen LogP contribution >= 0.6 is 0 Å². The molecule has 1 unspecified atom stereocenters. The van der Waals surface area contributed by atoms with E-state index in [9.17, 15) is 5.11 Å². The molecule has 1 aromatic carbocycles. The van der Waals surface area contributed by atoms with Gasteiger partial charge < -0.3 is 20.1 Å². The number of aliphatic hydroxyl groups excluding tert-OH is 1. The van der Waals surface area contributed by atoms with Crippen LogP contribution in [0.15, 0.2) is 48.8 Å². The van der Waals surface area contributed by atoms with Gasteiger partial charge in [0.25, 0.3) is 0 Å². The van der Waals surface area contributed by atoms with Crippen LogP contribution in [-0.2, 0) is 13.0 Å². The number of benzene rings is 1. The normalized spacial score (nSPS) is 16.2. The monoisotopic (exact) mass is 369 g/mol. The molecule has 1 saturated heterocycles. The number of hydrogen-bond donors (Lipinski definition) is 2. The van der Waals surface area contributed by atoms with Gasteiger partial charge in [0.2, 0.25) is 0 Å². The smallest absolute Gasteiger partial charge is 0.123 e. The van der Waals surface area contributed by atoms with Crippen molar-refractivity contribution < 1.29 is 9.84 Å². The minimum Gasteiger partial charge on any atom is -0.491 e. The minimum atomic E-state index is -0.448. The fraction of sp³-hybridized carbons (Fsp3) is 0.500. The molecule has 1 aliphatic heterocycles. The Kier molecular flexibility index (Phi) is 8.08. The van der Waals surface area contributed by atoms with Gasteiger partial charge in [-0.25, -0.2) is 0 Å². The highest BCUT2D eigenvalue weighted by Gasteiger charge is 2.15. The second-order valence-corrected chi connectivity index (χ2v) is 7.22. The zero-order chi connectivity index (χ0) is 18.7. The van der Waals surface area contributed by atoms with E-state index in [1.165, 1.54) is 24.8 Å². The molecule has 1 aliphatic rings. The van der Waals surface area contributed by atoms with Gasteiger partial charge in [-0.3, -0.25) is 4.98 Å². The second-order valence-electron chi connectivity index (χ2n) is 7.22. The molecule has 1 aromatic heterocycles. The van der Waals surface area contributed by atoms with Gasteiger partial charge in [-0.05, 0) is 62.7 Å². The summed E-state index contributed by atoms with van der Waals surface area (Å²) >= 11 is 0. The molecule has 3 rings (SSSR count). The summed E-state index contributed by atoms with van der Waals surface area (Å²) < 4.78 is 5.93. The maximum Gasteiger partial charge on any atom is 0.123 e. The molecule has 5 heteroatoms. The van der Waals surface area contributed by atoms with Gasteiger partial charge in [0.1, 0.15) is 18.5 Å². The Balaban J connectivity index is 1.41. The van der Waals surface area contributed by atoms with Crippen LogP contribution in [0.3, 0.4) is 0 Å². The summed E-state index contributed by atoms with van der Waals surface area (Å²) in [6.07, 6.45) is 7.96. The highest BCUT2D eigenvalue weighted by atomic mass is 16.5. The average molecular weight is 370 g/mol. The minimum absolute atomic E-state index is 0.338. The topological polar surface area (TPSA) is 57.6 Å². The van der Waals surface area contributed by atoms with Crippen molar-refractivity contribution in [2.24, 2.45) is 0 Å². The van der Waals surface area contributed by atoms with Gasteiger partial charge in [0.15, 0.2) is 0 Å². The van der Waals surface area contributed by atoms with Crippen LogP contribution in [0.5, 0.6) is 5.75 Å². The van der Waals surface area contributed by atoms with Gasteiger partial charge in [-0.15, -0.1) is 0 Å². The lowest BCUT2D eigenvalue weighted by Crippen LogP contribution is -2.38. The van der Waals surface area contributed by atoms with Gasteiger partial charge in [0, 0.05) is 31.0 Å². The third kappa shape index (κ3) is 6.94. The number of aliphatic hydroxyl groups is 1. The first-order valence-corrected chi connectivity index (χ1v) is 10.0. The number of likely N-dealkylation sites (tertiary alicyclic amines) is 1. The first-order valence-electron chi connectivity index (χ1n) is 10.0. The Morgan fingerprint density at radius 3 is 2.67 bits per heavy atom. The Morgan fingerprint density at radius 1 is 1.07 bits per heavy atom. The number of para-hydroxylation sites is 1. The number of hydrogen-bond acceptors (Lipinski definition) is 5. The fourth-order valence-electron chi connectivity index (χ4n) is 3.47. The van der Waals surface area contributed by atoms with E-state index in [2.05, 4.69) is 21.3 Å². The van der Waals surface area contributed by atoms with Gasteiger partial charge in [-0.2, -0.15) is 0 Å². The molecule has 27 heavy (non-hydrogen) atoms. The quantitative estimate of drug-likeness (QED) is 0.631. The number of aromatic nitrogens is 1.